The van der Waals surface area contributed by atoms with Gasteiger partial charge >= 0.3 is 0 Å². The summed E-state index contributed by atoms with van der Waals surface area (Å²) in [5.41, 5.74) is 5.45. The van der Waals surface area contributed by atoms with E-state index in [0.717, 1.165) is 51.5 Å². The second-order valence-corrected chi connectivity index (χ2v) is 8.67. The molecule has 0 amide bonds. The second-order valence-electron chi connectivity index (χ2n) is 7.59. The SMILES string of the molecule is CO.Cc1ccc(-c2nc(C)c(COc3ccc(C(CC=O)c4ccnn4C)cc3)s2)cc1. The number of aldehydes is 1. The van der Waals surface area contributed by atoms with Crippen LogP contribution in [0.4, 0.5) is 0 Å². The van der Waals surface area contributed by atoms with E-state index < -0.39 is 0 Å². The Morgan fingerprint density at radius 1 is 1.06 bits per heavy atom. The molecule has 7 heteroatoms. The molecule has 0 bridgehead atoms. The first-order chi connectivity index (χ1) is 16.0. The monoisotopic (exact) mass is 463 g/mol. The number of thiazole rings is 1. The van der Waals surface area contributed by atoms with Crippen LogP contribution in [0.5, 0.6) is 5.75 Å². The second kappa shape index (κ2) is 11.5. The van der Waals surface area contributed by atoms with E-state index in [2.05, 4.69) is 36.3 Å². The summed E-state index contributed by atoms with van der Waals surface area (Å²) in [6.07, 6.45) is 3.13. The third-order valence-corrected chi connectivity index (χ3v) is 6.57. The lowest BCUT2D eigenvalue weighted by Gasteiger charge is -2.16. The van der Waals surface area contributed by atoms with Crippen LogP contribution in [0.2, 0.25) is 0 Å². The Bertz CT molecular complexity index is 1160. The topological polar surface area (TPSA) is 77.2 Å². The van der Waals surface area contributed by atoms with Crippen LogP contribution in [0.15, 0.2) is 60.8 Å². The molecule has 1 N–H and O–H groups in total. The van der Waals surface area contributed by atoms with Gasteiger partial charge < -0.3 is 14.6 Å². The average molecular weight is 464 g/mol. The van der Waals surface area contributed by atoms with Crippen molar-refractivity contribution in [3.05, 3.63) is 88.2 Å². The number of ether oxygens (including phenoxy) is 1. The molecule has 172 valence electrons. The van der Waals surface area contributed by atoms with E-state index in [4.69, 9.17) is 14.8 Å². The van der Waals surface area contributed by atoms with Gasteiger partial charge in [0.1, 0.15) is 23.7 Å². The van der Waals surface area contributed by atoms with Crippen molar-refractivity contribution in [2.45, 2.75) is 32.8 Å². The zero-order chi connectivity index (χ0) is 23.8. The zero-order valence-corrected chi connectivity index (χ0v) is 20.2. The number of aliphatic hydroxyl groups is 1. The van der Waals surface area contributed by atoms with Gasteiger partial charge in [0.25, 0.3) is 0 Å². The molecular weight excluding hydrogens is 434 g/mol. The number of carbonyl (C=O) groups excluding carboxylic acids is 1. The first kappa shape index (κ1) is 24.4. The summed E-state index contributed by atoms with van der Waals surface area (Å²) in [4.78, 5) is 17.0. The fraction of sp³-hybridized carbons (Fsp3) is 0.269. The van der Waals surface area contributed by atoms with Crippen molar-refractivity contribution in [1.29, 1.82) is 0 Å². The van der Waals surface area contributed by atoms with Crippen LogP contribution in [0.3, 0.4) is 0 Å². The smallest absolute Gasteiger partial charge is 0.124 e. The third-order valence-electron chi connectivity index (χ3n) is 5.39. The van der Waals surface area contributed by atoms with Crippen LogP contribution in [0.25, 0.3) is 10.6 Å². The molecule has 0 saturated carbocycles. The molecule has 2 heterocycles. The maximum Gasteiger partial charge on any atom is 0.124 e. The van der Waals surface area contributed by atoms with E-state index >= 15 is 0 Å². The van der Waals surface area contributed by atoms with E-state index in [9.17, 15) is 4.79 Å². The standard InChI is InChI=1S/C25H25N3O2S.CH4O/c1-17-4-6-20(7-5-17)25-27-18(2)24(31-25)16-30-21-10-8-19(9-11-21)22(13-15-29)23-12-14-26-28(23)3;1-2/h4-12,14-15,22H,13,16H2,1-3H3;2H,1H3. The fourth-order valence-corrected chi connectivity index (χ4v) is 4.56. The summed E-state index contributed by atoms with van der Waals surface area (Å²) in [5, 5.41) is 12.2. The highest BCUT2D eigenvalue weighted by Crippen LogP contribution is 2.31. The molecule has 0 radical (unpaired) electrons. The maximum absolute atomic E-state index is 11.2. The number of hydrogen-bond acceptors (Lipinski definition) is 6. The lowest BCUT2D eigenvalue weighted by Crippen LogP contribution is -2.08. The Kier molecular flexibility index (Phi) is 8.52. The molecule has 4 rings (SSSR count). The highest BCUT2D eigenvalue weighted by molar-refractivity contribution is 7.15. The largest absolute Gasteiger partial charge is 0.488 e. The summed E-state index contributed by atoms with van der Waals surface area (Å²) >= 11 is 1.67. The molecule has 2 aromatic heterocycles. The Morgan fingerprint density at radius 2 is 1.76 bits per heavy atom. The first-order valence-electron chi connectivity index (χ1n) is 10.7. The van der Waals surface area contributed by atoms with Crippen molar-refractivity contribution in [3.63, 3.8) is 0 Å². The Hall–Kier alpha value is -3.29. The summed E-state index contributed by atoms with van der Waals surface area (Å²) in [6.45, 7) is 4.58. The maximum atomic E-state index is 11.2. The Balaban J connectivity index is 0.00000149. The number of aliphatic hydroxyl groups excluding tert-OH is 1. The van der Waals surface area contributed by atoms with Gasteiger partial charge in [-0.15, -0.1) is 11.3 Å². The number of nitrogens with zero attached hydrogens (tertiary/aromatic N) is 3. The van der Waals surface area contributed by atoms with Gasteiger partial charge in [-0.25, -0.2) is 4.98 Å². The lowest BCUT2D eigenvalue weighted by molar-refractivity contribution is -0.108. The van der Waals surface area contributed by atoms with Crippen LogP contribution in [0, 0.1) is 13.8 Å². The summed E-state index contributed by atoms with van der Waals surface area (Å²) in [7, 11) is 2.90. The molecule has 6 nitrogen and oxygen atoms in total. The van der Waals surface area contributed by atoms with E-state index in [1.165, 1.54) is 5.56 Å². The van der Waals surface area contributed by atoms with Crippen LogP contribution in [-0.4, -0.2) is 33.3 Å². The van der Waals surface area contributed by atoms with Crippen LogP contribution < -0.4 is 4.74 Å². The van der Waals surface area contributed by atoms with Crippen LogP contribution >= 0.6 is 11.3 Å². The van der Waals surface area contributed by atoms with Crippen molar-refractivity contribution < 1.29 is 14.6 Å². The van der Waals surface area contributed by atoms with Crippen LogP contribution in [-0.2, 0) is 18.4 Å². The van der Waals surface area contributed by atoms with Crippen molar-refractivity contribution >= 4 is 17.6 Å². The number of aryl methyl sites for hydroxylation is 3. The minimum atomic E-state index is -0.0140. The minimum Gasteiger partial charge on any atom is -0.488 e. The molecule has 4 aromatic rings. The molecule has 1 unspecified atom stereocenters. The molecule has 33 heavy (non-hydrogen) atoms. The van der Waals surface area contributed by atoms with Gasteiger partial charge in [-0.1, -0.05) is 42.0 Å². The molecule has 0 saturated heterocycles. The number of carbonyl (C=O) groups is 1. The first-order valence-corrected chi connectivity index (χ1v) is 11.5. The van der Waals surface area contributed by atoms with E-state index in [1.54, 1.807) is 17.5 Å². The molecule has 0 aliphatic carbocycles. The summed E-state index contributed by atoms with van der Waals surface area (Å²) < 4.78 is 7.85. The third kappa shape index (κ3) is 5.94. The molecule has 1 atom stereocenters. The molecular formula is C26H29N3O3S. The molecule has 0 aliphatic heterocycles. The van der Waals surface area contributed by atoms with Gasteiger partial charge in [0.15, 0.2) is 0 Å². The average Bonchev–Trinajstić information content (AvgIpc) is 3.43. The van der Waals surface area contributed by atoms with Crippen molar-refractivity contribution in [3.8, 4) is 16.3 Å². The summed E-state index contributed by atoms with van der Waals surface area (Å²) in [6, 6.07) is 18.3. The highest BCUT2D eigenvalue weighted by atomic mass is 32.1. The van der Waals surface area contributed by atoms with Gasteiger partial charge in [-0.2, -0.15) is 5.10 Å². The van der Waals surface area contributed by atoms with E-state index in [0.29, 0.717) is 13.0 Å². The summed E-state index contributed by atoms with van der Waals surface area (Å²) in [5.74, 6) is 0.781. The van der Waals surface area contributed by atoms with Gasteiger partial charge in [0.05, 0.1) is 10.6 Å². The predicted octanol–water partition coefficient (Wildman–Crippen LogP) is 5.07. The van der Waals surface area contributed by atoms with Crippen molar-refractivity contribution in [1.82, 2.24) is 14.8 Å². The zero-order valence-electron chi connectivity index (χ0n) is 19.4. The lowest BCUT2D eigenvalue weighted by atomic mass is 9.93. The van der Waals surface area contributed by atoms with Gasteiger partial charge in [-0.05, 0) is 37.6 Å². The Labute approximate surface area is 198 Å². The van der Waals surface area contributed by atoms with E-state index in [1.807, 2.05) is 49.0 Å². The van der Waals surface area contributed by atoms with Gasteiger partial charge in [0, 0.05) is 44.0 Å². The number of rotatable bonds is 8. The normalized spacial score (nSPS) is 11.4. The number of aromatic nitrogens is 3. The van der Waals surface area contributed by atoms with Crippen molar-refractivity contribution in [2.24, 2.45) is 7.05 Å². The number of hydrogen-bond donors (Lipinski definition) is 1. The minimum absolute atomic E-state index is 0.0140. The molecule has 0 aliphatic rings. The fourth-order valence-electron chi connectivity index (χ4n) is 3.58. The molecule has 0 spiro atoms. The van der Waals surface area contributed by atoms with E-state index in [-0.39, 0.29) is 5.92 Å². The van der Waals surface area contributed by atoms with Gasteiger partial charge in [-0.3, -0.25) is 4.68 Å². The quantitative estimate of drug-likeness (QED) is 0.369. The molecule has 0 fully saturated rings. The highest BCUT2D eigenvalue weighted by Gasteiger charge is 2.17. The number of benzene rings is 2. The molecule has 2 aromatic carbocycles. The van der Waals surface area contributed by atoms with Crippen molar-refractivity contribution in [2.75, 3.05) is 7.11 Å². The Morgan fingerprint density at radius 3 is 2.36 bits per heavy atom. The van der Waals surface area contributed by atoms with Gasteiger partial charge in [0.2, 0.25) is 0 Å². The van der Waals surface area contributed by atoms with Crippen LogP contribution in [0.1, 0.15) is 39.7 Å². The predicted molar refractivity (Wildman–Crippen MR) is 132 cm³/mol.